The third-order valence-corrected chi connectivity index (χ3v) is 4.62. The van der Waals surface area contributed by atoms with Crippen LogP contribution >= 0.6 is 0 Å². The van der Waals surface area contributed by atoms with Gasteiger partial charge in [0.1, 0.15) is 0 Å². The topological polar surface area (TPSA) is 33.7 Å². The van der Waals surface area contributed by atoms with Gasteiger partial charge in [0.25, 0.3) is 0 Å². The lowest BCUT2D eigenvalue weighted by molar-refractivity contribution is -0.192. The van der Waals surface area contributed by atoms with Crippen molar-refractivity contribution in [3.8, 4) is 0 Å². The fourth-order valence-corrected chi connectivity index (χ4v) is 3.57. The molecule has 1 heterocycles. The van der Waals surface area contributed by atoms with Crippen LogP contribution in [0.15, 0.2) is 0 Å². The van der Waals surface area contributed by atoms with Gasteiger partial charge in [-0.25, -0.2) is 0 Å². The van der Waals surface area contributed by atoms with Crippen LogP contribution in [0.25, 0.3) is 0 Å². The third-order valence-electron chi connectivity index (χ3n) is 4.62. The summed E-state index contributed by atoms with van der Waals surface area (Å²) in [6, 6.07) is 0.593. The predicted molar refractivity (Wildman–Crippen MR) is 77.4 cm³/mol. The van der Waals surface area contributed by atoms with Crippen LogP contribution in [-0.2, 0) is 9.47 Å². The molecule has 19 heavy (non-hydrogen) atoms. The zero-order chi connectivity index (χ0) is 13.9. The van der Waals surface area contributed by atoms with Crippen molar-refractivity contribution >= 4 is 0 Å². The second kappa shape index (κ2) is 6.53. The molecule has 3 unspecified atom stereocenters. The molecule has 1 aliphatic carbocycles. The number of hydrogen-bond acceptors (Lipinski definition) is 4. The van der Waals surface area contributed by atoms with Gasteiger partial charge in [0.05, 0.1) is 19.3 Å². The lowest BCUT2D eigenvalue weighted by Crippen LogP contribution is -2.69. The molecular weight excluding hydrogens is 240 g/mol. The largest absolute Gasteiger partial charge is 0.379 e. The lowest BCUT2D eigenvalue weighted by Gasteiger charge is -2.60. The number of hydrogen-bond donors (Lipinski definition) is 1. The number of rotatable bonds is 7. The normalized spacial score (nSPS) is 33.0. The van der Waals surface area contributed by atoms with E-state index in [2.05, 4.69) is 38.2 Å². The molecule has 0 bridgehead atoms. The van der Waals surface area contributed by atoms with E-state index in [0.29, 0.717) is 18.1 Å². The van der Waals surface area contributed by atoms with Gasteiger partial charge in [-0.15, -0.1) is 0 Å². The number of fused-ring (bicyclic) bond motifs is 1. The maximum atomic E-state index is 5.92. The summed E-state index contributed by atoms with van der Waals surface area (Å²) < 4.78 is 11.5. The molecule has 2 rings (SSSR count). The number of ether oxygens (including phenoxy) is 2. The van der Waals surface area contributed by atoms with Crippen LogP contribution in [0.2, 0.25) is 0 Å². The van der Waals surface area contributed by atoms with Gasteiger partial charge in [-0.3, -0.25) is 0 Å². The molecule has 0 aromatic rings. The maximum absolute atomic E-state index is 5.92. The van der Waals surface area contributed by atoms with Crippen LogP contribution in [0.4, 0.5) is 0 Å². The average molecular weight is 270 g/mol. The molecule has 0 amide bonds. The Morgan fingerprint density at radius 1 is 1.32 bits per heavy atom. The van der Waals surface area contributed by atoms with Crippen LogP contribution < -0.4 is 5.32 Å². The minimum Gasteiger partial charge on any atom is -0.379 e. The number of likely N-dealkylation sites (N-methyl/N-ethyl adjacent to an activating group) is 1. The monoisotopic (exact) mass is 270 g/mol. The second-order valence-electron chi connectivity index (χ2n) is 6.77. The van der Waals surface area contributed by atoms with Crippen molar-refractivity contribution in [1.29, 1.82) is 0 Å². The van der Waals surface area contributed by atoms with Crippen molar-refractivity contribution in [2.24, 2.45) is 11.3 Å². The molecule has 0 spiro atoms. The Labute approximate surface area is 117 Å². The van der Waals surface area contributed by atoms with Gasteiger partial charge in [0.15, 0.2) is 0 Å². The van der Waals surface area contributed by atoms with Crippen molar-refractivity contribution in [2.75, 3.05) is 47.0 Å². The summed E-state index contributed by atoms with van der Waals surface area (Å²) >= 11 is 0. The van der Waals surface area contributed by atoms with Crippen LogP contribution in [0.3, 0.4) is 0 Å². The van der Waals surface area contributed by atoms with Gasteiger partial charge >= 0.3 is 0 Å². The first-order chi connectivity index (χ1) is 9.03. The standard InChI is InChI=1S/C15H30N2O2/c1-15(2)13(12-6-5-9-19-14(12)15)16-7-10-18-11-8-17(3)4/h12-14,16H,5-11H2,1-4H3. The summed E-state index contributed by atoms with van der Waals surface area (Å²) in [7, 11) is 4.14. The highest BCUT2D eigenvalue weighted by Crippen LogP contribution is 2.51. The van der Waals surface area contributed by atoms with E-state index in [1.54, 1.807) is 0 Å². The van der Waals surface area contributed by atoms with Gasteiger partial charge in [0.2, 0.25) is 0 Å². The zero-order valence-electron chi connectivity index (χ0n) is 12.9. The first kappa shape index (κ1) is 15.2. The van der Waals surface area contributed by atoms with Gasteiger partial charge < -0.3 is 19.7 Å². The zero-order valence-corrected chi connectivity index (χ0v) is 12.9. The smallest absolute Gasteiger partial charge is 0.0684 e. The van der Waals surface area contributed by atoms with Crippen molar-refractivity contribution in [3.63, 3.8) is 0 Å². The molecule has 1 saturated heterocycles. The lowest BCUT2D eigenvalue weighted by atomic mass is 9.55. The fraction of sp³-hybridized carbons (Fsp3) is 1.00. The molecule has 4 nitrogen and oxygen atoms in total. The summed E-state index contributed by atoms with van der Waals surface area (Å²) in [5, 5.41) is 3.68. The Kier molecular flexibility index (Phi) is 5.23. The van der Waals surface area contributed by atoms with Gasteiger partial charge in [-0.1, -0.05) is 13.8 Å². The summed E-state index contributed by atoms with van der Waals surface area (Å²) in [4.78, 5) is 2.15. The Bertz CT molecular complexity index is 281. The maximum Gasteiger partial charge on any atom is 0.0684 e. The van der Waals surface area contributed by atoms with Gasteiger partial charge in [-0.05, 0) is 26.9 Å². The Balaban J connectivity index is 1.63. The van der Waals surface area contributed by atoms with Crippen LogP contribution in [0, 0.1) is 11.3 Å². The van der Waals surface area contributed by atoms with Gasteiger partial charge in [-0.2, -0.15) is 0 Å². The summed E-state index contributed by atoms with van der Waals surface area (Å²) in [5.41, 5.74) is 0.273. The van der Waals surface area contributed by atoms with Crippen molar-refractivity contribution in [2.45, 2.75) is 38.8 Å². The first-order valence-electron chi connectivity index (χ1n) is 7.61. The van der Waals surface area contributed by atoms with E-state index in [4.69, 9.17) is 9.47 Å². The minimum absolute atomic E-state index is 0.273. The van der Waals surface area contributed by atoms with E-state index in [1.807, 2.05) is 0 Å². The van der Waals surface area contributed by atoms with Gasteiger partial charge in [0, 0.05) is 37.1 Å². The average Bonchev–Trinajstić information content (AvgIpc) is 2.37. The SMILES string of the molecule is CN(C)CCOCCNC1C2CCCOC2C1(C)C. The van der Waals surface area contributed by atoms with E-state index >= 15 is 0 Å². The molecule has 2 aliphatic rings. The molecule has 1 saturated carbocycles. The minimum atomic E-state index is 0.273. The van der Waals surface area contributed by atoms with E-state index in [1.165, 1.54) is 12.8 Å². The van der Waals surface area contributed by atoms with Crippen LogP contribution in [-0.4, -0.2) is 64.1 Å². The molecule has 1 N–H and O–H groups in total. The Hall–Kier alpha value is -0.160. The first-order valence-corrected chi connectivity index (χ1v) is 7.61. The molecule has 3 atom stereocenters. The fourth-order valence-electron chi connectivity index (χ4n) is 3.57. The summed E-state index contributed by atoms with van der Waals surface area (Å²) in [5.74, 6) is 0.713. The van der Waals surface area contributed by atoms with E-state index in [-0.39, 0.29) is 5.41 Å². The number of nitrogens with one attached hydrogen (secondary N) is 1. The highest BCUT2D eigenvalue weighted by molar-refractivity contribution is 5.10. The van der Waals surface area contributed by atoms with E-state index in [9.17, 15) is 0 Å². The van der Waals surface area contributed by atoms with Crippen molar-refractivity contribution in [1.82, 2.24) is 10.2 Å². The molecule has 0 aromatic heterocycles. The second-order valence-corrected chi connectivity index (χ2v) is 6.77. The Morgan fingerprint density at radius 3 is 2.84 bits per heavy atom. The van der Waals surface area contributed by atoms with E-state index in [0.717, 1.165) is 32.9 Å². The van der Waals surface area contributed by atoms with Crippen LogP contribution in [0.1, 0.15) is 26.7 Å². The molecule has 0 radical (unpaired) electrons. The third kappa shape index (κ3) is 3.48. The molecule has 2 fully saturated rings. The highest BCUT2D eigenvalue weighted by atomic mass is 16.5. The molecular formula is C15H30N2O2. The van der Waals surface area contributed by atoms with Crippen LogP contribution in [0.5, 0.6) is 0 Å². The quantitative estimate of drug-likeness (QED) is 0.708. The molecule has 0 aromatic carbocycles. The van der Waals surface area contributed by atoms with E-state index < -0.39 is 0 Å². The van der Waals surface area contributed by atoms with Crippen molar-refractivity contribution < 1.29 is 9.47 Å². The summed E-state index contributed by atoms with van der Waals surface area (Å²) in [6.07, 6.45) is 3.00. The molecule has 112 valence electrons. The van der Waals surface area contributed by atoms with Crippen molar-refractivity contribution in [3.05, 3.63) is 0 Å². The summed E-state index contributed by atoms with van der Waals surface area (Å²) in [6.45, 7) is 9.16. The Morgan fingerprint density at radius 2 is 2.11 bits per heavy atom. The molecule has 1 aliphatic heterocycles. The highest BCUT2D eigenvalue weighted by Gasteiger charge is 2.57. The molecule has 4 heteroatoms. The predicted octanol–water partition coefficient (Wildman–Crippen LogP) is 1.36. The number of nitrogens with zero attached hydrogens (tertiary/aromatic N) is 1.